The van der Waals surface area contributed by atoms with Crippen molar-refractivity contribution < 1.29 is 9.53 Å². The number of ketones is 1. The first-order valence-electron chi connectivity index (χ1n) is 3.96. The molecule has 1 aromatic heterocycles. The van der Waals surface area contributed by atoms with Gasteiger partial charge in [0.05, 0.1) is 0 Å². The van der Waals surface area contributed by atoms with E-state index in [0.29, 0.717) is 12.3 Å². The summed E-state index contributed by atoms with van der Waals surface area (Å²) in [6.45, 7) is 2.50. The molecule has 0 atom stereocenters. The SMILES string of the molecule is CCOCC(=O)c1ccc(Br)cn1. The maximum Gasteiger partial charge on any atom is 0.206 e. The normalized spacial score (nSPS) is 10.0. The van der Waals surface area contributed by atoms with Crippen LogP contribution < -0.4 is 0 Å². The molecule has 0 N–H and O–H groups in total. The summed E-state index contributed by atoms with van der Waals surface area (Å²) in [5.41, 5.74) is 0.441. The molecule has 0 saturated carbocycles. The molecule has 0 radical (unpaired) electrons. The van der Waals surface area contributed by atoms with Gasteiger partial charge in [-0.25, -0.2) is 0 Å². The van der Waals surface area contributed by atoms with Crippen LogP contribution in [0.4, 0.5) is 0 Å². The minimum atomic E-state index is -0.0886. The van der Waals surface area contributed by atoms with Gasteiger partial charge in [0.1, 0.15) is 12.3 Å². The molecule has 1 heterocycles. The molecular weight excluding hydrogens is 234 g/mol. The molecule has 0 aliphatic carbocycles. The third-order valence-corrected chi connectivity index (χ3v) is 1.92. The Morgan fingerprint density at radius 1 is 1.62 bits per heavy atom. The van der Waals surface area contributed by atoms with Gasteiger partial charge >= 0.3 is 0 Å². The van der Waals surface area contributed by atoms with Gasteiger partial charge in [-0.1, -0.05) is 0 Å². The number of halogens is 1. The number of aromatic nitrogens is 1. The molecule has 1 aromatic rings. The van der Waals surface area contributed by atoms with Crippen molar-refractivity contribution in [1.82, 2.24) is 4.98 Å². The molecule has 1 rings (SSSR count). The molecule has 3 nitrogen and oxygen atoms in total. The fourth-order valence-electron chi connectivity index (χ4n) is 0.809. The first kappa shape index (κ1) is 10.3. The molecule has 4 heteroatoms. The number of pyridine rings is 1. The van der Waals surface area contributed by atoms with Crippen LogP contribution >= 0.6 is 15.9 Å². The van der Waals surface area contributed by atoms with E-state index in [4.69, 9.17) is 4.74 Å². The quantitative estimate of drug-likeness (QED) is 0.761. The zero-order valence-electron chi connectivity index (χ0n) is 7.29. The number of hydrogen-bond acceptors (Lipinski definition) is 3. The molecule has 13 heavy (non-hydrogen) atoms. The summed E-state index contributed by atoms with van der Waals surface area (Å²) in [6, 6.07) is 3.46. The first-order valence-corrected chi connectivity index (χ1v) is 4.76. The fourth-order valence-corrected chi connectivity index (χ4v) is 1.04. The highest BCUT2D eigenvalue weighted by Crippen LogP contribution is 2.07. The van der Waals surface area contributed by atoms with Gasteiger partial charge in [-0.2, -0.15) is 0 Å². The number of Topliss-reactive ketones (excluding diaryl/α,β-unsaturated/α-hetero) is 1. The van der Waals surface area contributed by atoms with Crippen molar-refractivity contribution in [2.24, 2.45) is 0 Å². The molecular formula is C9H10BrNO2. The van der Waals surface area contributed by atoms with Gasteiger partial charge in [-0.15, -0.1) is 0 Å². The van der Waals surface area contributed by atoms with Crippen molar-refractivity contribution in [3.05, 3.63) is 28.5 Å². The number of ether oxygens (including phenoxy) is 1. The maximum atomic E-state index is 11.3. The predicted molar refractivity (Wildman–Crippen MR) is 52.8 cm³/mol. The second kappa shape index (κ2) is 5.09. The van der Waals surface area contributed by atoms with Gasteiger partial charge in [0, 0.05) is 17.3 Å². The molecule has 0 aliphatic rings. The zero-order chi connectivity index (χ0) is 9.68. The Bertz CT molecular complexity index is 284. The van der Waals surface area contributed by atoms with Gasteiger partial charge < -0.3 is 4.74 Å². The Morgan fingerprint density at radius 3 is 2.92 bits per heavy atom. The predicted octanol–water partition coefficient (Wildman–Crippen LogP) is 2.06. The molecule has 0 aliphatic heterocycles. The summed E-state index contributed by atoms with van der Waals surface area (Å²) >= 11 is 3.24. The number of carbonyl (C=O) groups is 1. The van der Waals surface area contributed by atoms with Crippen molar-refractivity contribution in [2.75, 3.05) is 13.2 Å². The van der Waals surface area contributed by atoms with E-state index in [1.165, 1.54) is 0 Å². The average Bonchev–Trinajstić information content (AvgIpc) is 2.15. The van der Waals surface area contributed by atoms with Gasteiger partial charge in [0.15, 0.2) is 0 Å². The van der Waals surface area contributed by atoms with E-state index in [9.17, 15) is 4.79 Å². The lowest BCUT2D eigenvalue weighted by Crippen LogP contribution is -2.10. The van der Waals surface area contributed by atoms with Crippen LogP contribution in [-0.2, 0) is 4.74 Å². The van der Waals surface area contributed by atoms with E-state index in [2.05, 4.69) is 20.9 Å². The highest BCUT2D eigenvalue weighted by Gasteiger charge is 2.05. The monoisotopic (exact) mass is 243 g/mol. The van der Waals surface area contributed by atoms with Gasteiger partial charge in [-0.05, 0) is 35.0 Å². The molecule has 0 aromatic carbocycles. The molecule has 0 bridgehead atoms. The second-order valence-electron chi connectivity index (χ2n) is 2.42. The van der Waals surface area contributed by atoms with Gasteiger partial charge in [-0.3, -0.25) is 9.78 Å². The number of hydrogen-bond donors (Lipinski definition) is 0. The highest BCUT2D eigenvalue weighted by molar-refractivity contribution is 9.10. The summed E-state index contributed by atoms with van der Waals surface area (Å²) in [5, 5.41) is 0. The largest absolute Gasteiger partial charge is 0.374 e. The maximum absolute atomic E-state index is 11.3. The Kier molecular flexibility index (Phi) is 4.05. The fraction of sp³-hybridized carbons (Fsp3) is 0.333. The molecule has 0 amide bonds. The van der Waals surface area contributed by atoms with Crippen LogP contribution in [0.1, 0.15) is 17.4 Å². The van der Waals surface area contributed by atoms with Crippen molar-refractivity contribution in [1.29, 1.82) is 0 Å². The van der Waals surface area contributed by atoms with Crippen LogP contribution in [0.2, 0.25) is 0 Å². The summed E-state index contributed by atoms with van der Waals surface area (Å²) in [6.07, 6.45) is 1.60. The molecule has 0 saturated heterocycles. The summed E-state index contributed by atoms with van der Waals surface area (Å²) in [5.74, 6) is -0.0886. The standard InChI is InChI=1S/C9H10BrNO2/c1-2-13-6-9(12)8-4-3-7(10)5-11-8/h3-5H,2,6H2,1H3. The lowest BCUT2D eigenvalue weighted by molar-refractivity contribution is 0.0778. The van der Waals surface area contributed by atoms with Crippen LogP contribution in [0.15, 0.2) is 22.8 Å². The third kappa shape index (κ3) is 3.24. The molecule has 0 spiro atoms. The minimum absolute atomic E-state index is 0.0886. The Labute approximate surface area is 85.3 Å². The van der Waals surface area contributed by atoms with Crippen molar-refractivity contribution >= 4 is 21.7 Å². The minimum Gasteiger partial charge on any atom is -0.374 e. The van der Waals surface area contributed by atoms with Crippen LogP contribution in [-0.4, -0.2) is 24.0 Å². The number of carbonyl (C=O) groups excluding carboxylic acids is 1. The second-order valence-corrected chi connectivity index (χ2v) is 3.34. The van der Waals surface area contributed by atoms with E-state index in [-0.39, 0.29) is 12.4 Å². The van der Waals surface area contributed by atoms with Crippen molar-refractivity contribution in [3.8, 4) is 0 Å². The molecule has 0 fully saturated rings. The van der Waals surface area contributed by atoms with Crippen LogP contribution in [0, 0.1) is 0 Å². The highest BCUT2D eigenvalue weighted by atomic mass is 79.9. The summed E-state index contributed by atoms with van der Waals surface area (Å²) in [7, 11) is 0. The summed E-state index contributed by atoms with van der Waals surface area (Å²) in [4.78, 5) is 15.3. The first-order chi connectivity index (χ1) is 6.24. The van der Waals surface area contributed by atoms with Crippen molar-refractivity contribution in [3.63, 3.8) is 0 Å². The van der Waals surface area contributed by atoms with E-state index in [1.54, 1.807) is 18.3 Å². The van der Waals surface area contributed by atoms with E-state index in [0.717, 1.165) is 4.47 Å². The van der Waals surface area contributed by atoms with Crippen LogP contribution in [0.25, 0.3) is 0 Å². The van der Waals surface area contributed by atoms with Crippen molar-refractivity contribution in [2.45, 2.75) is 6.92 Å². The van der Waals surface area contributed by atoms with E-state index < -0.39 is 0 Å². The van der Waals surface area contributed by atoms with Crippen LogP contribution in [0.5, 0.6) is 0 Å². The zero-order valence-corrected chi connectivity index (χ0v) is 8.87. The third-order valence-electron chi connectivity index (χ3n) is 1.45. The Hall–Kier alpha value is -0.740. The van der Waals surface area contributed by atoms with Gasteiger partial charge in [0.25, 0.3) is 0 Å². The number of rotatable bonds is 4. The van der Waals surface area contributed by atoms with Crippen LogP contribution in [0.3, 0.4) is 0 Å². The topological polar surface area (TPSA) is 39.2 Å². The number of nitrogens with zero attached hydrogens (tertiary/aromatic N) is 1. The molecule has 0 unspecified atom stereocenters. The average molecular weight is 244 g/mol. The molecule has 70 valence electrons. The lowest BCUT2D eigenvalue weighted by atomic mass is 10.2. The van der Waals surface area contributed by atoms with E-state index >= 15 is 0 Å². The van der Waals surface area contributed by atoms with E-state index in [1.807, 2.05) is 6.92 Å². The summed E-state index contributed by atoms with van der Waals surface area (Å²) < 4.78 is 5.84. The lowest BCUT2D eigenvalue weighted by Gasteiger charge is -1.99. The Balaban J connectivity index is 2.61. The Morgan fingerprint density at radius 2 is 2.38 bits per heavy atom. The smallest absolute Gasteiger partial charge is 0.206 e. The van der Waals surface area contributed by atoms with Gasteiger partial charge in [0.2, 0.25) is 5.78 Å².